The summed E-state index contributed by atoms with van der Waals surface area (Å²) in [6, 6.07) is 18.3. The van der Waals surface area contributed by atoms with E-state index in [1.54, 1.807) is 11.3 Å². The van der Waals surface area contributed by atoms with Gasteiger partial charge in [-0.2, -0.15) is 0 Å². The molecule has 0 aliphatic carbocycles. The first-order chi connectivity index (χ1) is 10.2. The molecule has 0 saturated heterocycles. The van der Waals surface area contributed by atoms with Crippen LogP contribution in [-0.4, -0.2) is 4.98 Å². The van der Waals surface area contributed by atoms with E-state index in [1.165, 1.54) is 10.4 Å². The highest BCUT2D eigenvalue weighted by Gasteiger charge is 2.17. The van der Waals surface area contributed by atoms with E-state index >= 15 is 0 Å². The van der Waals surface area contributed by atoms with Crippen molar-refractivity contribution in [3.63, 3.8) is 0 Å². The summed E-state index contributed by atoms with van der Waals surface area (Å²) in [6.07, 6.45) is 0. The molecule has 3 heteroatoms. The summed E-state index contributed by atoms with van der Waals surface area (Å²) in [5.41, 5.74) is 10.1. The Balaban J connectivity index is 2.16. The van der Waals surface area contributed by atoms with Crippen LogP contribution in [0.1, 0.15) is 24.6 Å². The van der Waals surface area contributed by atoms with Gasteiger partial charge in [-0.05, 0) is 18.1 Å². The number of hydrogen-bond acceptors (Lipinski definition) is 3. The fraction of sp³-hybridized carbons (Fsp3) is 0.167. The molecule has 3 aromatic rings. The quantitative estimate of drug-likeness (QED) is 0.676. The van der Waals surface area contributed by atoms with Gasteiger partial charge >= 0.3 is 0 Å². The number of nitrogens with two attached hydrogens (primary N) is 1. The van der Waals surface area contributed by atoms with Crippen molar-refractivity contribution < 1.29 is 0 Å². The molecule has 1 heterocycles. The second-order valence-corrected chi connectivity index (χ2v) is 6.37. The molecule has 2 aromatic carbocycles. The van der Waals surface area contributed by atoms with Gasteiger partial charge in [-0.15, -0.1) is 11.3 Å². The Morgan fingerprint density at radius 3 is 2.29 bits per heavy atom. The van der Waals surface area contributed by atoms with Gasteiger partial charge in [0.25, 0.3) is 0 Å². The number of thiazole rings is 1. The summed E-state index contributed by atoms with van der Waals surface area (Å²) in [6.45, 7) is 4.41. The van der Waals surface area contributed by atoms with Crippen molar-refractivity contribution in [3.8, 4) is 21.8 Å². The SMILES string of the molecule is CC(C)c1sc(-c2ccccc2N)nc1-c1ccccc1. The van der Waals surface area contributed by atoms with E-state index in [0.29, 0.717) is 5.92 Å². The van der Waals surface area contributed by atoms with Crippen molar-refractivity contribution in [1.82, 2.24) is 4.98 Å². The molecule has 2 nitrogen and oxygen atoms in total. The predicted octanol–water partition coefficient (Wildman–Crippen LogP) is 5.18. The average Bonchev–Trinajstić information content (AvgIpc) is 2.94. The molecule has 0 aliphatic rings. The van der Waals surface area contributed by atoms with Gasteiger partial charge < -0.3 is 5.73 Å². The molecule has 0 unspecified atom stereocenters. The fourth-order valence-electron chi connectivity index (χ4n) is 2.33. The number of nitrogen functional groups attached to an aromatic ring is 1. The Morgan fingerprint density at radius 1 is 0.952 bits per heavy atom. The molecule has 106 valence electrons. The molecular weight excluding hydrogens is 276 g/mol. The normalized spacial score (nSPS) is 11.0. The first kappa shape index (κ1) is 13.8. The molecule has 2 N–H and O–H groups in total. The number of nitrogens with zero attached hydrogens (tertiary/aromatic N) is 1. The zero-order valence-electron chi connectivity index (χ0n) is 12.2. The minimum Gasteiger partial charge on any atom is -0.398 e. The van der Waals surface area contributed by atoms with E-state index in [0.717, 1.165) is 22.0 Å². The van der Waals surface area contributed by atoms with Crippen LogP contribution in [0, 0.1) is 0 Å². The molecule has 0 atom stereocenters. The molecule has 0 saturated carbocycles. The highest BCUT2D eigenvalue weighted by atomic mass is 32.1. The molecule has 0 bridgehead atoms. The second kappa shape index (κ2) is 5.70. The Bertz CT molecular complexity index is 745. The smallest absolute Gasteiger partial charge is 0.126 e. The first-order valence-electron chi connectivity index (χ1n) is 7.08. The monoisotopic (exact) mass is 294 g/mol. The van der Waals surface area contributed by atoms with Gasteiger partial charge in [-0.3, -0.25) is 0 Å². The van der Waals surface area contributed by atoms with Gasteiger partial charge in [-0.1, -0.05) is 56.3 Å². The van der Waals surface area contributed by atoms with Gasteiger partial charge in [0.05, 0.1) is 5.69 Å². The standard InChI is InChI=1S/C18H18N2S/c1-12(2)17-16(13-8-4-3-5-9-13)20-18(21-17)14-10-6-7-11-15(14)19/h3-12H,19H2,1-2H3. The number of rotatable bonds is 3. The largest absolute Gasteiger partial charge is 0.398 e. The van der Waals surface area contributed by atoms with Crippen molar-refractivity contribution in [1.29, 1.82) is 0 Å². The molecule has 0 aliphatic heterocycles. The third-order valence-corrected chi connectivity index (χ3v) is 4.81. The minimum atomic E-state index is 0.441. The van der Waals surface area contributed by atoms with E-state index < -0.39 is 0 Å². The Hall–Kier alpha value is -2.13. The highest BCUT2D eigenvalue weighted by molar-refractivity contribution is 7.15. The van der Waals surface area contributed by atoms with Gasteiger partial charge in [-0.25, -0.2) is 4.98 Å². The van der Waals surface area contributed by atoms with E-state index in [1.807, 2.05) is 30.3 Å². The molecule has 21 heavy (non-hydrogen) atoms. The van der Waals surface area contributed by atoms with Crippen LogP contribution in [0.5, 0.6) is 0 Å². The van der Waals surface area contributed by atoms with Gasteiger partial charge in [0.1, 0.15) is 5.01 Å². The summed E-state index contributed by atoms with van der Waals surface area (Å²) in [4.78, 5) is 6.18. The Morgan fingerprint density at radius 2 is 1.62 bits per heavy atom. The van der Waals surface area contributed by atoms with Crippen LogP contribution in [0.4, 0.5) is 5.69 Å². The maximum atomic E-state index is 6.09. The lowest BCUT2D eigenvalue weighted by molar-refractivity contribution is 0.888. The molecule has 3 rings (SSSR count). The summed E-state index contributed by atoms with van der Waals surface area (Å²) in [5, 5.41) is 0.996. The lowest BCUT2D eigenvalue weighted by Crippen LogP contribution is -1.89. The van der Waals surface area contributed by atoms with Crippen LogP contribution in [0.15, 0.2) is 54.6 Å². The van der Waals surface area contributed by atoms with Crippen LogP contribution in [0.25, 0.3) is 21.8 Å². The van der Waals surface area contributed by atoms with Crippen molar-refractivity contribution in [2.75, 3.05) is 5.73 Å². The zero-order chi connectivity index (χ0) is 14.8. The predicted molar refractivity (Wildman–Crippen MR) is 91.5 cm³/mol. The molecule has 0 fully saturated rings. The molecule has 0 amide bonds. The van der Waals surface area contributed by atoms with E-state index in [2.05, 4.69) is 38.1 Å². The molecule has 1 aromatic heterocycles. The highest BCUT2D eigenvalue weighted by Crippen LogP contribution is 2.39. The zero-order valence-corrected chi connectivity index (χ0v) is 13.0. The summed E-state index contributed by atoms with van der Waals surface area (Å²) >= 11 is 1.74. The average molecular weight is 294 g/mol. The molecule has 0 spiro atoms. The van der Waals surface area contributed by atoms with Crippen LogP contribution in [-0.2, 0) is 0 Å². The van der Waals surface area contributed by atoms with Crippen LogP contribution < -0.4 is 5.73 Å². The Labute approximate surface area is 129 Å². The number of benzene rings is 2. The van der Waals surface area contributed by atoms with Gasteiger partial charge in [0.15, 0.2) is 0 Å². The summed E-state index contributed by atoms with van der Waals surface area (Å²) in [5.74, 6) is 0.441. The fourth-order valence-corrected chi connectivity index (χ4v) is 3.47. The summed E-state index contributed by atoms with van der Waals surface area (Å²) in [7, 11) is 0. The number of anilines is 1. The number of hydrogen-bond donors (Lipinski definition) is 1. The molecule has 0 radical (unpaired) electrons. The van der Waals surface area contributed by atoms with E-state index in [-0.39, 0.29) is 0 Å². The van der Waals surface area contributed by atoms with Crippen molar-refractivity contribution in [3.05, 3.63) is 59.5 Å². The lowest BCUT2D eigenvalue weighted by atomic mass is 10.1. The van der Waals surface area contributed by atoms with Crippen molar-refractivity contribution in [2.24, 2.45) is 0 Å². The summed E-state index contributed by atoms with van der Waals surface area (Å²) < 4.78 is 0. The van der Waals surface area contributed by atoms with Crippen LogP contribution in [0.3, 0.4) is 0 Å². The second-order valence-electron chi connectivity index (χ2n) is 5.34. The van der Waals surface area contributed by atoms with E-state index in [9.17, 15) is 0 Å². The molecular formula is C18H18N2S. The first-order valence-corrected chi connectivity index (χ1v) is 7.89. The maximum Gasteiger partial charge on any atom is 0.126 e. The minimum absolute atomic E-state index is 0.441. The Kier molecular flexibility index (Phi) is 3.76. The number of para-hydroxylation sites is 1. The maximum absolute atomic E-state index is 6.09. The lowest BCUT2D eigenvalue weighted by Gasteiger charge is -2.04. The van der Waals surface area contributed by atoms with Gasteiger partial charge in [0, 0.05) is 21.7 Å². The third kappa shape index (κ3) is 2.69. The van der Waals surface area contributed by atoms with E-state index in [4.69, 9.17) is 10.7 Å². The third-order valence-electron chi connectivity index (χ3n) is 3.42. The topological polar surface area (TPSA) is 38.9 Å². The van der Waals surface area contributed by atoms with Crippen molar-refractivity contribution in [2.45, 2.75) is 19.8 Å². The van der Waals surface area contributed by atoms with Gasteiger partial charge in [0.2, 0.25) is 0 Å². The van der Waals surface area contributed by atoms with Crippen molar-refractivity contribution >= 4 is 17.0 Å². The van der Waals surface area contributed by atoms with Crippen LogP contribution >= 0.6 is 11.3 Å². The van der Waals surface area contributed by atoms with Crippen LogP contribution in [0.2, 0.25) is 0 Å². The number of aromatic nitrogens is 1.